The van der Waals surface area contributed by atoms with Crippen LogP contribution in [0.25, 0.3) is 0 Å². The second-order valence-electron chi connectivity index (χ2n) is 6.73. The fraction of sp³-hybridized carbons (Fsp3) is 0.429. The Morgan fingerprint density at radius 2 is 1.77 bits per heavy atom. The molecule has 1 N–H and O–H groups in total. The molecule has 4 nitrogen and oxygen atoms in total. The first kappa shape index (κ1) is 19.2. The molecule has 26 heavy (non-hydrogen) atoms. The molecule has 2 aromatic carbocycles. The summed E-state index contributed by atoms with van der Waals surface area (Å²) in [5, 5.41) is 3.69. The molecule has 2 aromatic rings. The third-order valence-corrected chi connectivity index (χ3v) is 5.51. The number of halogens is 1. The minimum Gasteiger partial charge on any atom is -0.493 e. The van der Waals surface area contributed by atoms with Crippen molar-refractivity contribution in [3.05, 3.63) is 58.1 Å². The second-order valence-corrected chi connectivity index (χ2v) is 7.58. The summed E-state index contributed by atoms with van der Waals surface area (Å²) in [5.41, 5.74) is 2.59. The molecule has 0 atom stereocenters. The number of nitrogens with one attached hydrogen (secondary N) is 1. The van der Waals surface area contributed by atoms with Gasteiger partial charge in [0, 0.05) is 19.1 Å². The zero-order valence-corrected chi connectivity index (χ0v) is 17.1. The van der Waals surface area contributed by atoms with Gasteiger partial charge in [0.1, 0.15) is 0 Å². The Morgan fingerprint density at radius 1 is 1.04 bits per heavy atom. The van der Waals surface area contributed by atoms with Gasteiger partial charge in [-0.15, -0.1) is 0 Å². The van der Waals surface area contributed by atoms with Gasteiger partial charge in [-0.2, -0.15) is 0 Å². The van der Waals surface area contributed by atoms with Gasteiger partial charge < -0.3 is 14.8 Å². The summed E-state index contributed by atoms with van der Waals surface area (Å²) in [6.45, 7) is 4.17. The van der Waals surface area contributed by atoms with Crippen molar-refractivity contribution in [1.82, 2.24) is 10.2 Å². The minimum atomic E-state index is 0.564. The van der Waals surface area contributed by atoms with Crippen molar-refractivity contribution < 1.29 is 9.47 Å². The number of ether oxygens (including phenoxy) is 2. The zero-order chi connectivity index (χ0) is 18.4. The number of benzene rings is 2. The first-order chi connectivity index (χ1) is 12.7. The van der Waals surface area contributed by atoms with E-state index in [0.29, 0.717) is 6.04 Å². The van der Waals surface area contributed by atoms with Gasteiger partial charge in [0.25, 0.3) is 0 Å². The van der Waals surface area contributed by atoms with E-state index in [1.54, 1.807) is 14.2 Å². The monoisotopic (exact) mass is 418 g/mol. The Balaban J connectivity index is 1.49. The Morgan fingerprint density at radius 3 is 2.42 bits per heavy atom. The summed E-state index contributed by atoms with van der Waals surface area (Å²) in [6, 6.07) is 15.4. The lowest BCUT2D eigenvalue weighted by Gasteiger charge is -2.32. The van der Waals surface area contributed by atoms with E-state index in [2.05, 4.69) is 62.5 Å². The molecule has 0 unspecified atom stereocenters. The number of rotatable bonds is 7. The molecule has 0 aromatic heterocycles. The average Bonchev–Trinajstić information content (AvgIpc) is 2.67. The van der Waals surface area contributed by atoms with Crippen molar-refractivity contribution >= 4 is 15.9 Å². The van der Waals surface area contributed by atoms with E-state index in [1.807, 2.05) is 6.07 Å². The number of nitrogens with zero attached hydrogens (tertiary/aromatic N) is 1. The number of hydrogen-bond donors (Lipinski definition) is 1. The Hall–Kier alpha value is -1.56. The van der Waals surface area contributed by atoms with Gasteiger partial charge in [0.05, 0.1) is 18.7 Å². The molecule has 5 heteroatoms. The molecule has 1 saturated heterocycles. The van der Waals surface area contributed by atoms with Gasteiger partial charge in [-0.25, -0.2) is 0 Å². The number of methoxy groups -OCH3 is 2. The summed E-state index contributed by atoms with van der Waals surface area (Å²) in [7, 11) is 3.33. The maximum atomic E-state index is 5.43. The molecule has 140 valence electrons. The SMILES string of the molecule is COc1cc(CNC2CCN(Cc3ccccc3)CC2)cc(Br)c1OC. The van der Waals surface area contributed by atoms with Gasteiger partial charge in [0.15, 0.2) is 11.5 Å². The van der Waals surface area contributed by atoms with E-state index in [1.165, 1.54) is 24.0 Å². The predicted molar refractivity (Wildman–Crippen MR) is 109 cm³/mol. The molecule has 1 aliphatic heterocycles. The van der Waals surface area contributed by atoms with Crippen LogP contribution in [0.15, 0.2) is 46.9 Å². The predicted octanol–water partition coefficient (Wildman–Crippen LogP) is 4.22. The van der Waals surface area contributed by atoms with Crippen LogP contribution in [-0.4, -0.2) is 38.3 Å². The largest absolute Gasteiger partial charge is 0.493 e. The van der Waals surface area contributed by atoms with Crippen molar-refractivity contribution in [3.8, 4) is 11.5 Å². The Kier molecular flexibility index (Phi) is 6.94. The smallest absolute Gasteiger partial charge is 0.174 e. The van der Waals surface area contributed by atoms with E-state index in [9.17, 15) is 0 Å². The van der Waals surface area contributed by atoms with Gasteiger partial charge >= 0.3 is 0 Å². The fourth-order valence-corrected chi connectivity index (χ4v) is 4.12. The first-order valence-corrected chi connectivity index (χ1v) is 9.89. The lowest BCUT2D eigenvalue weighted by Crippen LogP contribution is -2.41. The summed E-state index contributed by atoms with van der Waals surface area (Å²) in [6.07, 6.45) is 2.36. The molecule has 1 aliphatic rings. The minimum absolute atomic E-state index is 0.564. The van der Waals surface area contributed by atoms with Crippen molar-refractivity contribution in [1.29, 1.82) is 0 Å². The lowest BCUT2D eigenvalue weighted by molar-refractivity contribution is 0.190. The maximum Gasteiger partial charge on any atom is 0.174 e. The van der Waals surface area contributed by atoms with Crippen LogP contribution in [0, 0.1) is 0 Å². The van der Waals surface area contributed by atoms with E-state index >= 15 is 0 Å². The standard InChI is InChI=1S/C21H27BrN2O2/c1-25-20-13-17(12-19(22)21(20)26-2)14-23-18-8-10-24(11-9-18)15-16-6-4-3-5-7-16/h3-7,12-13,18,23H,8-11,14-15H2,1-2H3. The first-order valence-electron chi connectivity index (χ1n) is 9.09. The van der Waals surface area contributed by atoms with E-state index in [-0.39, 0.29) is 0 Å². The third kappa shape index (κ3) is 5.00. The van der Waals surface area contributed by atoms with E-state index < -0.39 is 0 Å². The Bertz CT molecular complexity index is 701. The highest BCUT2D eigenvalue weighted by atomic mass is 79.9. The number of piperidine rings is 1. The van der Waals surface area contributed by atoms with Crippen LogP contribution < -0.4 is 14.8 Å². The quantitative estimate of drug-likeness (QED) is 0.729. The van der Waals surface area contributed by atoms with E-state index in [0.717, 1.165) is 42.2 Å². The van der Waals surface area contributed by atoms with E-state index in [4.69, 9.17) is 9.47 Å². The highest BCUT2D eigenvalue weighted by Gasteiger charge is 2.19. The molecular formula is C21H27BrN2O2. The maximum absolute atomic E-state index is 5.43. The molecule has 0 bridgehead atoms. The summed E-state index contributed by atoms with van der Waals surface area (Å²) >= 11 is 3.56. The lowest BCUT2D eigenvalue weighted by atomic mass is 10.0. The van der Waals surface area contributed by atoms with Crippen LogP contribution in [0.1, 0.15) is 24.0 Å². The zero-order valence-electron chi connectivity index (χ0n) is 15.5. The van der Waals surface area contributed by atoms with Crippen molar-refractivity contribution in [3.63, 3.8) is 0 Å². The molecule has 1 heterocycles. The molecule has 0 aliphatic carbocycles. The third-order valence-electron chi connectivity index (χ3n) is 4.92. The highest BCUT2D eigenvalue weighted by molar-refractivity contribution is 9.10. The molecule has 0 radical (unpaired) electrons. The summed E-state index contributed by atoms with van der Waals surface area (Å²) < 4.78 is 11.7. The van der Waals surface area contributed by atoms with Crippen LogP contribution in [-0.2, 0) is 13.1 Å². The van der Waals surface area contributed by atoms with Crippen LogP contribution in [0.5, 0.6) is 11.5 Å². The normalized spacial score (nSPS) is 15.8. The van der Waals surface area contributed by atoms with Gasteiger partial charge in [0.2, 0.25) is 0 Å². The molecule has 0 saturated carbocycles. The number of hydrogen-bond acceptors (Lipinski definition) is 4. The number of likely N-dealkylation sites (tertiary alicyclic amines) is 1. The van der Waals surface area contributed by atoms with Gasteiger partial charge in [-0.05, 0) is 65.1 Å². The Labute approximate surface area is 164 Å². The molecule has 0 amide bonds. The molecule has 3 rings (SSSR count). The average molecular weight is 419 g/mol. The summed E-state index contributed by atoms with van der Waals surface area (Å²) in [5.74, 6) is 1.50. The summed E-state index contributed by atoms with van der Waals surface area (Å²) in [4.78, 5) is 2.54. The van der Waals surface area contributed by atoms with Gasteiger partial charge in [-0.1, -0.05) is 30.3 Å². The highest BCUT2D eigenvalue weighted by Crippen LogP contribution is 2.36. The fourth-order valence-electron chi connectivity index (χ4n) is 3.47. The van der Waals surface area contributed by atoms with Gasteiger partial charge in [-0.3, -0.25) is 4.90 Å². The van der Waals surface area contributed by atoms with Crippen LogP contribution in [0.2, 0.25) is 0 Å². The second kappa shape index (κ2) is 9.40. The van der Waals surface area contributed by atoms with Crippen LogP contribution in [0.4, 0.5) is 0 Å². The van der Waals surface area contributed by atoms with Crippen molar-refractivity contribution in [2.45, 2.75) is 32.0 Å². The molecule has 0 spiro atoms. The van der Waals surface area contributed by atoms with Crippen LogP contribution >= 0.6 is 15.9 Å². The topological polar surface area (TPSA) is 33.7 Å². The van der Waals surface area contributed by atoms with Crippen molar-refractivity contribution in [2.24, 2.45) is 0 Å². The van der Waals surface area contributed by atoms with Crippen molar-refractivity contribution in [2.75, 3.05) is 27.3 Å². The van der Waals surface area contributed by atoms with Crippen LogP contribution in [0.3, 0.4) is 0 Å². The molecule has 1 fully saturated rings. The molecular weight excluding hydrogens is 392 g/mol.